The summed E-state index contributed by atoms with van der Waals surface area (Å²) in [5.41, 5.74) is 2.62. The van der Waals surface area contributed by atoms with Crippen LogP contribution in [0.3, 0.4) is 0 Å². The second-order valence-corrected chi connectivity index (χ2v) is 7.06. The van der Waals surface area contributed by atoms with Crippen LogP contribution in [0.4, 0.5) is 0 Å². The number of nitrogens with zero attached hydrogens (tertiary/aromatic N) is 2. The van der Waals surface area contributed by atoms with Crippen LogP contribution in [0.15, 0.2) is 48.8 Å². The minimum Gasteiger partial charge on any atom is -0.497 e. The first-order valence-corrected chi connectivity index (χ1v) is 9.96. The molecular formula is C23H28N4O4. The van der Waals surface area contributed by atoms with Gasteiger partial charge in [-0.15, -0.1) is 0 Å². The lowest BCUT2D eigenvalue weighted by molar-refractivity contribution is 0.0950. The van der Waals surface area contributed by atoms with Crippen molar-refractivity contribution in [3.05, 3.63) is 71.1 Å². The van der Waals surface area contributed by atoms with E-state index in [0.717, 1.165) is 11.1 Å². The van der Waals surface area contributed by atoms with Crippen LogP contribution in [0.2, 0.25) is 0 Å². The normalized spacial score (nSPS) is 10.6. The number of benzene rings is 2. The molecule has 1 amide bonds. The van der Waals surface area contributed by atoms with Crippen molar-refractivity contribution in [3.63, 3.8) is 0 Å². The predicted octanol–water partition coefficient (Wildman–Crippen LogP) is 2.70. The molecule has 2 N–H and O–H groups in total. The molecule has 0 spiro atoms. The van der Waals surface area contributed by atoms with Crippen LogP contribution in [-0.4, -0.2) is 35.9 Å². The van der Waals surface area contributed by atoms with Crippen molar-refractivity contribution in [1.82, 2.24) is 14.5 Å². The van der Waals surface area contributed by atoms with Gasteiger partial charge < -0.3 is 28.7 Å². The van der Waals surface area contributed by atoms with Crippen molar-refractivity contribution in [3.8, 4) is 17.2 Å². The molecule has 0 radical (unpaired) electrons. The number of aryl methyl sites for hydroxylation is 1. The van der Waals surface area contributed by atoms with Gasteiger partial charge in [-0.05, 0) is 48.4 Å². The summed E-state index contributed by atoms with van der Waals surface area (Å²) < 4.78 is 19.8. The summed E-state index contributed by atoms with van der Waals surface area (Å²) in [4.78, 5) is 12.9. The number of hydrogen-bond acceptors (Lipinski definition) is 5. The molecule has 8 nitrogen and oxygen atoms in total. The van der Waals surface area contributed by atoms with Crippen molar-refractivity contribution in [2.45, 2.75) is 20.0 Å². The van der Waals surface area contributed by atoms with Gasteiger partial charge in [0.15, 0.2) is 0 Å². The molecule has 0 fully saturated rings. The number of rotatable bonds is 9. The third-order valence-corrected chi connectivity index (χ3v) is 4.83. The van der Waals surface area contributed by atoms with E-state index in [9.17, 15) is 4.79 Å². The second-order valence-electron chi connectivity index (χ2n) is 7.06. The summed E-state index contributed by atoms with van der Waals surface area (Å²) >= 11 is 0. The molecule has 0 aliphatic rings. The van der Waals surface area contributed by atoms with Crippen LogP contribution in [0, 0.1) is 5.41 Å². The Morgan fingerprint density at radius 1 is 0.968 bits per heavy atom. The molecule has 0 aliphatic heterocycles. The molecule has 0 saturated heterocycles. The summed E-state index contributed by atoms with van der Waals surface area (Å²) in [6, 6.07) is 10.9. The average Bonchev–Trinajstić information content (AvgIpc) is 3.09. The number of carbonyl (C=O) groups is 1. The van der Waals surface area contributed by atoms with E-state index in [1.54, 1.807) is 35.5 Å². The highest BCUT2D eigenvalue weighted by Gasteiger charge is 2.11. The predicted molar refractivity (Wildman–Crippen MR) is 117 cm³/mol. The summed E-state index contributed by atoms with van der Waals surface area (Å²) in [6.07, 6.45) is 3.66. The zero-order valence-electron chi connectivity index (χ0n) is 18.3. The Bertz CT molecular complexity index is 1090. The smallest absolute Gasteiger partial charge is 0.251 e. The number of amides is 1. The molecule has 0 saturated carbocycles. The molecule has 0 unspecified atom stereocenters. The molecule has 3 rings (SSSR count). The van der Waals surface area contributed by atoms with Crippen LogP contribution in [-0.2, 0) is 20.1 Å². The van der Waals surface area contributed by atoms with E-state index in [1.165, 1.54) is 0 Å². The lowest BCUT2D eigenvalue weighted by Gasteiger charge is -2.12. The first-order valence-electron chi connectivity index (χ1n) is 9.96. The van der Waals surface area contributed by atoms with Gasteiger partial charge >= 0.3 is 0 Å². The van der Waals surface area contributed by atoms with E-state index >= 15 is 0 Å². The van der Waals surface area contributed by atoms with Gasteiger partial charge in [-0.1, -0.05) is 0 Å². The number of hydrogen-bond donors (Lipinski definition) is 2. The van der Waals surface area contributed by atoms with E-state index in [0.29, 0.717) is 48.1 Å². The van der Waals surface area contributed by atoms with Crippen molar-refractivity contribution in [2.24, 2.45) is 7.05 Å². The highest BCUT2D eigenvalue weighted by Crippen LogP contribution is 2.23. The minimum atomic E-state index is -0.214. The number of nitrogens with one attached hydrogen (secondary N) is 2. The Balaban J connectivity index is 1.80. The van der Waals surface area contributed by atoms with Gasteiger partial charge in [-0.3, -0.25) is 10.2 Å². The maximum absolute atomic E-state index is 12.9. The topological polar surface area (TPSA) is 90.5 Å². The molecule has 164 valence electrons. The SMILES string of the molecule is CCOc1cc(Cn2ccn(C)c2=N)cc(C(=O)NCc2cc(OC)cc(OC)c2)c1. The largest absolute Gasteiger partial charge is 0.497 e. The molecule has 8 heteroatoms. The molecule has 1 aromatic heterocycles. The quantitative estimate of drug-likeness (QED) is 0.553. The van der Waals surface area contributed by atoms with Crippen molar-refractivity contribution in [1.29, 1.82) is 5.41 Å². The molecule has 0 bridgehead atoms. The Kier molecular flexibility index (Phi) is 7.02. The number of methoxy groups -OCH3 is 2. The molecule has 3 aromatic rings. The van der Waals surface area contributed by atoms with Gasteiger partial charge in [-0.25, -0.2) is 0 Å². The summed E-state index contributed by atoms with van der Waals surface area (Å²) in [6.45, 7) is 3.19. The Morgan fingerprint density at radius 2 is 1.65 bits per heavy atom. The fraction of sp³-hybridized carbons (Fsp3) is 0.304. The fourth-order valence-corrected chi connectivity index (χ4v) is 3.23. The van der Waals surface area contributed by atoms with Gasteiger partial charge in [0, 0.05) is 37.6 Å². The maximum Gasteiger partial charge on any atom is 0.251 e. The van der Waals surface area contributed by atoms with E-state index in [-0.39, 0.29) is 5.91 Å². The van der Waals surface area contributed by atoms with Gasteiger partial charge in [0.05, 0.1) is 27.4 Å². The molecule has 0 aliphatic carbocycles. The summed E-state index contributed by atoms with van der Waals surface area (Å²) in [7, 11) is 5.00. The highest BCUT2D eigenvalue weighted by atomic mass is 16.5. The summed E-state index contributed by atoms with van der Waals surface area (Å²) in [5, 5.41) is 11.1. The van der Waals surface area contributed by atoms with Crippen molar-refractivity contribution in [2.75, 3.05) is 20.8 Å². The zero-order chi connectivity index (χ0) is 22.4. The lowest BCUT2D eigenvalue weighted by Crippen LogP contribution is -2.24. The molecule has 1 heterocycles. The van der Waals surface area contributed by atoms with Crippen LogP contribution in [0.1, 0.15) is 28.4 Å². The monoisotopic (exact) mass is 424 g/mol. The third-order valence-electron chi connectivity index (χ3n) is 4.83. The molecule has 0 atom stereocenters. The number of imidazole rings is 1. The van der Waals surface area contributed by atoms with Gasteiger partial charge in [0.25, 0.3) is 5.91 Å². The Hall–Kier alpha value is -3.68. The maximum atomic E-state index is 12.9. The van der Waals surface area contributed by atoms with Crippen LogP contribution in [0.5, 0.6) is 17.2 Å². The minimum absolute atomic E-state index is 0.214. The molecule has 2 aromatic carbocycles. The lowest BCUT2D eigenvalue weighted by atomic mass is 10.1. The first-order chi connectivity index (χ1) is 14.9. The number of aromatic nitrogens is 2. The standard InChI is InChI=1S/C23H28N4O4/c1-5-31-21-11-17(15-27-7-6-26(2)23(27)24)8-18(12-21)22(28)25-14-16-9-19(29-3)13-20(10-16)30-4/h6-13,24H,5,14-15H2,1-4H3,(H,25,28). The third kappa shape index (κ3) is 5.48. The second kappa shape index (κ2) is 9.88. The van der Waals surface area contributed by atoms with E-state index in [4.69, 9.17) is 19.6 Å². The van der Waals surface area contributed by atoms with Crippen LogP contribution in [0.25, 0.3) is 0 Å². The van der Waals surface area contributed by atoms with Gasteiger partial charge in [0.2, 0.25) is 5.62 Å². The van der Waals surface area contributed by atoms with Crippen LogP contribution >= 0.6 is 0 Å². The Morgan fingerprint density at radius 3 is 2.23 bits per heavy atom. The molecule has 31 heavy (non-hydrogen) atoms. The van der Waals surface area contributed by atoms with E-state index in [2.05, 4.69) is 5.32 Å². The average molecular weight is 425 g/mol. The van der Waals surface area contributed by atoms with E-state index < -0.39 is 0 Å². The fourth-order valence-electron chi connectivity index (χ4n) is 3.23. The highest BCUT2D eigenvalue weighted by molar-refractivity contribution is 5.94. The van der Waals surface area contributed by atoms with Gasteiger partial charge in [-0.2, -0.15) is 0 Å². The molecular weight excluding hydrogens is 396 g/mol. The van der Waals surface area contributed by atoms with Crippen molar-refractivity contribution < 1.29 is 19.0 Å². The Labute approximate surface area is 181 Å². The number of ether oxygens (including phenoxy) is 3. The van der Waals surface area contributed by atoms with E-state index in [1.807, 2.05) is 50.6 Å². The first kappa shape index (κ1) is 22.0. The van der Waals surface area contributed by atoms with Gasteiger partial charge in [0.1, 0.15) is 17.2 Å². The number of carbonyl (C=O) groups excluding carboxylic acids is 1. The zero-order valence-corrected chi connectivity index (χ0v) is 18.3. The van der Waals surface area contributed by atoms with Crippen molar-refractivity contribution >= 4 is 5.91 Å². The summed E-state index contributed by atoms with van der Waals surface area (Å²) in [5.74, 6) is 1.73. The van der Waals surface area contributed by atoms with Crippen LogP contribution < -0.4 is 25.1 Å².